The monoisotopic (exact) mass is 506 g/mol. The van der Waals surface area contributed by atoms with Gasteiger partial charge in [0.05, 0.1) is 16.6 Å². The summed E-state index contributed by atoms with van der Waals surface area (Å²) in [6.45, 7) is 0. The van der Waals surface area contributed by atoms with Crippen molar-refractivity contribution in [2.24, 2.45) is 0 Å². The standard InChI is InChI=1S/C26H26N4O3S2/c1-30(26(32)33)22(15-17-6-3-2-4-7-17)24(31)28-20(14-18-9-11-19(27)12-10-18)21-16-35-25(29-21)23-8-5-13-34-23/h2-13,16,20,22H,14-15,27H2,1H3,(H,28,31)(H,32,33)/t20-,22?/m0/s1. The Hall–Kier alpha value is -3.69. The highest BCUT2D eigenvalue weighted by Crippen LogP contribution is 2.31. The van der Waals surface area contributed by atoms with Crippen molar-refractivity contribution < 1.29 is 14.7 Å². The number of nitrogens with two attached hydrogens (primary N) is 1. The third-order valence-electron chi connectivity index (χ3n) is 5.69. The third-order valence-corrected chi connectivity index (χ3v) is 7.59. The van der Waals surface area contributed by atoms with E-state index in [2.05, 4.69) is 5.32 Å². The number of nitrogens with one attached hydrogen (secondary N) is 1. The molecule has 4 aromatic rings. The summed E-state index contributed by atoms with van der Waals surface area (Å²) in [5, 5.41) is 17.5. The number of amides is 2. The molecule has 4 N–H and O–H groups in total. The van der Waals surface area contributed by atoms with E-state index in [0.29, 0.717) is 12.1 Å². The van der Waals surface area contributed by atoms with Crippen molar-refractivity contribution in [2.75, 3.05) is 12.8 Å². The highest BCUT2D eigenvalue weighted by atomic mass is 32.1. The van der Waals surface area contributed by atoms with Gasteiger partial charge in [-0.1, -0.05) is 48.5 Å². The lowest BCUT2D eigenvalue weighted by molar-refractivity contribution is -0.126. The quantitative estimate of drug-likeness (QED) is 0.275. The van der Waals surface area contributed by atoms with E-state index in [1.807, 2.05) is 77.5 Å². The summed E-state index contributed by atoms with van der Waals surface area (Å²) in [5.74, 6) is -0.370. The van der Waals surface area contributed by atoms with Crippen LogP contribution in [0.2, 0.25) is 0 Å². The molecule has 4 rings (SSSR count). The van der Waals surface area contributed by atoms with Gasteiger partial charge in [0.25, 0.3) is 0 Å². The molecule has 2 aromatic carbocycles. The van der Waals surface area contributed by atoms with Crippen LogP contribution in [0.4, 0.5) is 10.5 Å². The van der Waals surface area contributed by atoms with Crippen molar-refractivity contribution in [3.63, 3.8) is 0 Å². The average molecular weight is 507 g/mol. The predicted octanol–water partition coefficient (Wildman–Crippen LogP) is 5.07. The maximum atomic E-state index is 13.5. The summed E-state index contributed by atoms with van der Waals surface area (Å²) in [5.41, 5.74) is 9.10. The number of thiophene rings is 1. The van der Waals surface area contributed by atoms with Crippen molar-refractivity contribution >= 4 is 40.4 Å². The van der Waals surface area contributed by atoms with E-state index < -0.39 is 18.2 Å². The molecule has 2 aromatic heterocycles. The first-order valence-electron chi connectivity index (χ1n) is 11.0. The molecule has 2 amide bonds. The van der Waals surface area contributed by atoms with E-state index in [0.717, 1.165) is 31.6 Å². The fourth-order valence-corrected chi connectivity index (χ4v) is 5.41. The second-order valence-electron chi connectivity index (χ2n) is 8.16. The predicted molar refractivity (Wildman–Crippen MR) is 141 cm³/mol. The number of hydrogen-bond acceptors (Lipinski definition) is 6. The van der Waals surface area contributed by atoms with Gasteiger partial charge >= 0.3 is 6.09 Å². The van der Waals surface area contributed by atoms with E-state index in [-0.39, 0.29) is 12.3 Å². The fraction of sp³-hybridized carbons (Fsp3) is 0.192. The number of hydrogen-bond donors (Lipinski definition) is 3. The molecule has 0 saturated heterocycles. The van der Waals surface area contributed by atoms with E-state index >= 15 is 0 Å². The second-order valence-corrected chi connectivity index (χ2v) is 9.97. The Morgan fingerprint density at radius 1 is 1.00 bits per heavy atom. The second kappa shape index (κ2) is 11.2. The average Bonchev–Trinajstić information content (AvgIpc) is 3.56. The molecule has 1 unspecified atom stereocenters. The molecule has 0 aliphatic rings. The van der Waals surface area contributed by atoms with Gasteiger partial charge in [-0.25, -0.2) is 9.78 Å². The van der Waals surface area contributed by atoms with Crippen LogP contribution in [0.5, 0.6) is 0 Å². The lowest BCUT2D eigenvalue weighted by atomic mass is 10.0. The number of carbonyl (C=O) groups excluding carboxylic acids is 1. The molecule has 0 aliphatic heterocycles. The maximum absolute atomic E-state index is 13.5. The van der Waals surface area contributed by atoms with E-state index in [9.17, 15) is 14.7 Å². The Morgan fingerprint density at radius 2 is 1.71 bits per heavy atom. The largest absolute Gasteiger partial charge is 0.465 e. The highest BCUT2D eigenvalue weighted by Gasteiger charge is 2.30. The number of nitrogens with zero attached hydrogens (tertiary/aromatic N) is 2. The Bertz CT molecular complexity index is 1260. The molecule has 2 heterocycles. The minimum absolute atomic E-state index is 0.265. The van der Waals surface area contributed by atoms with Gasteiger partial charge in [0, 0.05) is 24.5 Å². The van der Waals surface area contributed by atoms with Crippen LogP contribution in [0.25, 0.3) is 9.88 Å². The summed E-state index contributed by atoms with van der Waals surface area (Å²) >= 11 is 3.13. The van der Waals surface area contributed by atoms with Crippen molar-refractivity contribution in [1.29, 1.82) is 0 Å². The van der Waals surface area contributed by atoms with Crippen molar-refractivity contribution in [3.05, 3.63) is 94.3 Å². The summed E-state index contributed by atoms with van der Waals surface area (Å²) in [6.07, 6.45) is -0.402. The zero-order chi connectivity index (χ0) is 24.8. The van der Waals surface area contributed by atoms with Gasteiger partial charge in [-0.05, 0) is 41.1 Å². The Labute approximate surface area is 211 Å². The molecule has 35 heavy (non-hydrogen) atoms. The molecule has 0 radical (unpaired) electrons. The topological polar surface area (TPSA) is 109 Å². The fourth-order valence-electron chi connectivity index (χ4n) is 3.72. The van der Waals surface area contributed by atoms with Gasteiger partial charge in [0.15, 0.2) is 0 Å². The first kappa shape index (κ1) is 24.4. The van der Waals surface area contributed by atoms with Gasteiger partial charge < -0.3 is 16.2 Å². The third kappa shape index (κ3) is 6.26. The minimum Gasteiger partial charge on any atom is -0.465 e. The zero-order valence-corrected chi connectivity index (χ0v) is 20.8. The smallest absolute Gasteiger partial charge is 0.407 e. The zero-order valence-electron chi connectivity index (χ0n) is 19.1. The van der Waals surface area contributed by atoms with Gasteiger partial charge in [-0.15, -0.1) is 22.7 Å². The number of likely N-dealkylation sites (N-methyl/N-ethyl adjacent to an activating group) is 1. The van der Waals surface area contributed by atoms with Gasteiger partial charge in [-0.3, -0.25) is 9.69 Å². The first-order valence-corrected chi connectivity index (χ1v) is 12.8. The molecule has 9 heteroatoms. The highest BCUT2D eigenvalue weighted by molar-refractivity contribution is 7.20. The normalized spacial score (nSPS) is 12.6. The SMILES string of the molecule is CN(C(=O)O)C(Cc1ccccc1)C(=O)N[C@@H](Cc1ccc(N)cc1)c1csc(-c2cccs2)n1. The van der Waals surface area contributed by atoms with E-state index in [1.54, 1.807) is 11.3 Å². The number of aromatic nitrogens is 1. The maximum Gasteiger partial charge on any atom is 0.407 e. The summed E-state index contributed by atoms with van der Waals surface area (Å²) in [7, 11) is 1.42. The van der Waals surface area contributed by atoms with Crippen LogP contribution in [-0.2, 0) is 17.6 Å². The number of rotatable bonds is 9. The van der Waals surface area contributed by atoms with Crippen LogP contribution in [0.3, 0.4) is 0 Å². The molecule has 2 atom stereocenters. The molecule has 0 fully saturated rings. The lowest BCUT2D eigenvalue weighted by Gasteiger charge is -2.27. The van der Waals surface area contributed by atoms with Crippen LogP contribution in [0.15, 0.2) is 77.5 Å². The van der Waals surface area contributed by atoms with E-state index in [1.165, 1.54) is 18.4 Å². The summed E-state index contributed by atoms with van der Waals surface area (Å²) in [4.78, 5) is 32.2. The lowest BCUT2D eigenvalue weighted by Crippen LogP contribution is -2.49. The van der Waals surface area contributed by atoms with E-state index in [4.69, 9.17) is 10.7 Å². The Balaban J connectivity index is 1.61. The number of nitrogen functional groups attached to an aromatic ring is 1. The summed E-state index contributed by atoms with van der Waals surface area (Å²) in [6, 6.07) is 19.6. The van der Waals surface area contributed by atoms with Crippen molar-refractivity contribution in [1.82, 2.24) is 15.2 Å². The molecule has 0 bridgehead atoms. The Kier molecular flexibility index (Phi) is 7.79. The first-order chi connectivity index (χ1) is 16.9. The van der Waals surface area contributed by atoms with Crippen LogP contribution < -0.4 is 11.1 Å². The molecule has 0 aliphatic carbocycles. The van der Waals surface area contributed by atoms with Gasteiger partial charge in [-0.2, -0.15) is 0 Å². The van der Waals surface area contributed by atoms with Gasteiger partial charge in [0.1, 0.15) is 11.0 Å². The minimum atomic E-state index is -1.16. The number of carboxylic acid groups (broad SMARTS) is 1. The number of thiazole rings is 1. The molecule has 0 saturated carbocycles. The van der Waals surface area contributed by atoms with Crippen LogP contribution in [-0.4, -0.2) is 40.1 Å². The summed E-state index contributed by atoms with van der Waals surface area (Å²) < 4.78 is 0. The van der Waals surface area contributed by atoms with Crippen LogP contribution >= 0.6 is 22.7 Å². The molecular formula is C26H26N4O3S2. The molecule has 0 spiro atoms. The van der Waals surface area contributed by atoms with Crippen LogP contribution in [0, 0.1) is 0 Å². The van der Waals surface area contributed by atoms with Crippen molar-refractivity contribution in [3.8, 4) is 9.88 Å². The molecule has 180 valence electrons. The Morgan fingerprint density at radius 3 is 2.37 bits per heavy atom. The number of benzene rings is 2. The number of carbonyl (C=O) groups is 2. The van der Waals surface area contributed by atoms with Crippen LogP contribution in [0.1, 0.15) is 22.9 Å². The molecule has 7 nitrogen and oxygen atoms in total. The number of anilines is 1. The molecular weight excluding hydrogens is 480 g/mol. The van der Waals surface area contributed by atoms with Crippen molar-refractivity contribution in [2.45, 2.75) is 24.9 Å². The van der Waals surface area contributed by atoms with Gasteiger partial charge in [0.2, 0.25) is 5.91 Å².